The van der Waals surface area contributed by atoms with Gasteiger partial charge in [0.25, 0.3) is 5.56 Å². The molecule has 1 saturated heterocycles. The van der Waals surface area contributed by atoms with Crippen molar-refractivity contribution in [2.75, 3.05) is 38.0 Å². The third-order valence-corrected chi connectivity index (χ3v) is 6.52. The van der Waals surface area contributed by atoms with Crippen LogP contribution in [0.4, 0.5) is 5.69 Å². The standard InChI is InChI=1S/C23H30ClN7O3/c1-3-4-9-31-21-20(22(33)27-23(31)34)28(2)18(26-21)14-29-10-12-30(13-11-29)15-19(32)25-17-8-6-5-7-16(17)24/h5-8H,3-4,9-15H2,1-2H3,(H,25,32)(H,27,33,34). The van der Waals surface area contributed by atoms with Gasteiger partial charge in [-0.25, -0.2) is 9.78 Å². The fraction of sp³-hybridized carbons (Fsp3) is 0.478. The normalized spacial score (nSPS) is 15.1. The fourth-order valence-electron chi connectivity index (χ4n) is 4.22. The maximum atomic E-state index is 12.5. The first-order chi connectivity index (χ1) is 16.4. The number of H-pyrrole nitrogens is 1. The largest absolute Gasteiger partial charge is 0.330 e. The molecular formula is C23H30ClN7O3. The van der Waals surface area contributed by atoms with Crippen LogP contribution >= 0.6 is 11.6 Å². The Bertz CT molecular complexity index is 1290. The molecule has 0 bridgehead atoms. The summed E-state index contributed by atoms with van der Waals surface area (Å²) in [7, 11) is 1.81. The number of aryl methyl sites for hydroxylation is 2. The van der Waals surface area contributed by atoms with Crippen LogP contribution in [0.1, 0.15) is 25.6 Å². The first kappa shape index (κ1) is 24.2. The number of carbonyl (C=O) groups is 1. The van der Waals surface area contributed by atoms with E-state index >= 15 is 0 Å². The summed E-state index contributed by atoms with van der Waals surface area (Å²) in [5, 5.41) is 3.38. The minimum absolute atomic E-state index is 0.0961. The Morgan fingerprint density at radius 1 is 1.15 bits per heavy atom. The maximum absolute atomic E-state index is 12.5. The maximum Gasteiger partial charge on any atom is 0.330 e. The number of amides is 1. The summed E-state index contributed by atoms with van der Waals surface area (Å²) >= 11 is 6.12. The van der Waals surface area contributed by atoms with E-state index in [9.17, 15) is 14.4 Å². The Morgan fingerprint density at radius 3 is 2.56 bits per heavy atom. The zero-order chi connectivity index (χ0) is 24.2. The van der Waals surface area contributed by atoms with E-state index in [1.54, 1.807) is 21.3 Å². The van der Waals surface area contributed by atoms with Gasteiger partial charge in [-0.05, 0) is 18.6 Å². The molecule has 1 aromatic carbocycles. The summed E-state index contributed by atoms with van der Waals surface area (Å²) in [5.74, 6) is 0.641. The van der Waals surface area contributed by atoms with Crippen LogP contribution in [0, 0.1) is 0 Å². The lowest BCUT2D eigenvalue weighted by Crippen LogP contribution is -2.48. The van der Waals surface area contributed by atoms with E-state index in [-0.39, 0.29) is 5.91 Å². The van der Waals surface area contributed by atoms with Gasteiger partial charge < -0.3 is 9.88 Å². The van der Waals surface area contributed by atoms with Crippen molar-refractivity contribution in [1.29, 1.82) is 0 Å². The van der Waals surface area contributed by atoms with Gasteiger partial charge in [-0.2, -0.15) is 0 Å². The van der Waals surface area contributed by atoms with Gasteiger partial charge in [0, 0.05) is 39.8 Å². The van der Waals surface area contributed by atoms with Crippen LogP contribution < -0.4 is 16.6 Å². The molecule has 4 rings (SSSR count). The van der Waals surface area contributed by atoms with Gasteiger partial charge in [0.05, 0.1) is 23.8 Å². The Hall–Kier alpha value is -2.95. The Balaban J connectivity index is 1.39. The molecule has 2 N–H and O–H groups in total. The molecule has 0 saturated carbocycles. The lowest BCUT2D eigenvalue weighted by Gasteiger charge is -2.34. The zero-order valence-electron chi connectivity index (χ0n) is 19.5. The van der Waals surface area contributed by atoms with Crippen LogP contribution in [0.15, 0.2) is 33.9 Å². The molecular weight excluding hydrogens is 458 g/mol. The van der Waals surface area contributed by atoms with E-state index < -0.39 is 11.2 Å². The molecule has 34 heavy (non-hydrogen) atoms. The molecule has 0 radical (unpaired) electrons. The van der Waals surface area contributed by atoms with Gasteiger partial charge in [0.15, 0.2) is 11.2 Å². The van der Waals surface area contributed by atoms with Crippen LogP contribution in [0.2, 0.25) is 5.02 Å². The molecule has 2 aromatic heterocycles. The fourth-order valence-corrected chi connectivity index (χ4v) is 4.40. The molecule has 11 heteroatoms. The highest BCUT2D eigenvalue weighted by atomic mass is 35.5. The number of nitrogens with zero attached hydrogens (tertiary/aromatic N) is 5. The summed E-state index contributed by atoms with van der Waals surface area (Å²) in [6.07, 6.45) is 1.77. The number of carbonyl (C=O) groups excluding carboxylic acids is 1. The van der Waals surface area contributed by atoms with Crippen molar-refractivity contribution in [3.05, 3.63) is 56.0 Å². The molecule has 1 aliphatic heterocycles. The Morgan fingerprint density at radius 2 is 1.85 bits per heavy atom. The van der Waals surface area contributed by atoms with E-state index in [4.69, 9.17) is 11.6 Å². The van der Waals surface area contributed by atoms with Crippen molar-refractivity contribution < 1.29 is 4.79 Å². The van der Waals surface area contributed by atoms with Gasteiger partial charge in [-0.15, -0.1) is 0 Å². The summed E-state index contributed by atoms with van der Waals surface area (Å²) < 4.78 is 3.33. The highest BCUT2D eigenvalue weighted by Gasteiger charge is 2.22. The first-order valence-corrected chi connectivity index (χ1v) is 11.9. The molecule has 3 heterocycles. The van der Waals surface area contributed by atoms with Crippen LogP contribution in [0.3, 0.4) is 0 Å². The summed E-state index contributed by atoms with van der Waals surface area (Å²) in [6.45, 7) is 6.44. The molecule has 10 nitrogen and oxygen atoms in total. The van der Waals surface area contributed by atoms with Gasteiger partial charge >= 0.3 is 5.69 Å². The van der Waals surface area contributed by atoms with Crippen LogP contribution in [0.5, 0.6) is 0 Å². The average molecular weight is 488 g/mol. The molecule has 182 valence electrons. The van der Waals surface area contributed by atoms with Crippen molar-refractivity contribution in [1.82, 2.24) is 28.9 Å². The molecule has 0 atom stereocenters. The van der Waals surface area contributed by atoms with E-state index in [2.05, 4.69) is 32.0 Å². The average Bonchev–Trinajstić information content (AvgIpc) is 3.12. The van der Waals surface area contributed by atoms with E-state index in [1.165, 1.54) is 0 Å². The number of unbranched alkanes of at least 4 members (excludes halogenated alkanes) is 1. The van der Waals surface area contributed by atoms with Crippen molar-refractivity contribution >= 4 is 34.4 Å². The monoisotopic (exact) mass is 487 g/mol. The zero-order valence-corrected chi connectivity index (χ0v) is 20.3. The van der Waals surface area contributed by atoms with E-state index in [0.717, 1.165) is 44.8 Å². The highest BCUT2D eigenvalue weighted by Crippen LogP contribution is 2.20. The second-order valence-corrected chi connectivity index (χ2v) is 9.01. The van der Waals surface area contributed by atoms with Gasteiger partial charge in [0.2, 0.25) is 5.91 Å². The SMILES string of the molecule is CCCCn1c(=O)[nH]c(=O)c2c1nc(CN1CCN(CC(=O)Nc3ccccc3Cl)CC1)n2C. The number of halogens is 1. The number of aromatic amines is 1. The van der Waals surface area contributed by atoms with E-state index in [0.29, 0.717) is 41.5 Å². The summed E-state index contributed by atoms with van der Waals surface area (Å²) in [4.78, 5) is 48.6. The first-order valence-electron chi connectivity index (χ1n) is 11.5. The van der Waals surface area contributed by atoms with Crippen molar-refractivity contribution in [3.63, 3.8) is 0 Å². The van der Waals surface area contributed by atoms with Crippen molar-refractivity contribution in [3.8, 4) is 0 Å². The summed E-state index contributed by atoms with van der Waals surface area (Å²) in [5.41, 5.74) is 0.639. The second kappa shape index (κ2) is 10.5. The number of aromatic nitrogens is 4. The lowest BCUT2D eigenvalue weighted by molar-refractivity contribution is -0.117. The predicted octanol–water partition coefficient (Wildman–Crippen LogP) is 1.63. The topological polar surface area (TPSA) is 108 Å². The number of piperazine rings is 1. The second-order valence-electron chi connectivity index (χ2n) is 8.60. The Kier molecular flexibility index (Phi) is 7.50. The van der Waals surface area contributed by atoms with Crippen LogP contribution in [0.25, 0.3) is 11.2 Å². The number of para-hydroxylation sites is 1. The van der Waals surface area contributed by atoms with Gasteiger partial charge in [-0.1, -0.05) is 37.1 Å². The summed E-state index contributed by atoms with van der Waals surface area (Å²) in [6, 6.07) is 7.18. The molecule has 0 spiro atoms. The molecule has 0 aliphatic carbocycles. The molecule has 1 aliphatic rings. The number of anilines is 1. The highest BCUT2D eigenvalue weighted by molar-refractivity contribution is 6.33. The van der Waals surface area contributed by atoms with Crippen molar-refractivity contribution in [2.45, 2.75) is 32.9 Å². The van der Waals surface area contributed by atoms with Crippen molar-refractivity contribution in [2.24, 2.45) is 7.05 Å². The minimum Gasteiger partial charge on any atom is -0.324 e. The number of hydrogen-bond donors (Lipinski definition) is 2. The third-order valence-electron chi connectivity index (χ3n) is 6.19. The lowest BCUT2D eigenvalue weighted by atomic mass is 10.3. The molecule has 3 aromatic rings. The molecule has 0 unspecified atom stereocenters. The number of hydrogen-bond acceptors (Lipinski definition) is 6. The number of benzene rings is 1. The quantitative estimate of drug-likeness (QED) is 0.500. The number of rotatable bonds is 8. The van der Waals surface area contributed by atoms with E-state index in [1.807, 2.05) is 19.2 Å². The van der Waals surface area contributed by atoms with Crippen LogP contribution in [-0.2, 0) is 24.9 Å². The third kappa shape index (κ3) is 5.24. The van der Waals surface area contributed by atoms with Crippen LogP contribution in [-0.4, -0.2) is 67.5 Å². The number of imidazole rings is 1. The number of fused-ring (bicyclic) bond motifs is 1. The smallest absolute Gasteiger partial charge is 0.324 e. The predicted molar refractivity (Wildman–Crippen MR) is 132 cm³/mol. The molecule has 1 fully saturated rings. The molecule has 1 amide bonds. The number of nitrogens with one attached hydrogen (secondary N) is 2. The Labute approximate surface area is 202 Å². The van der Waals surface area contributed by atoms with Gasteiger partial charge in [0.1, 0.15) is 5.82 Å². The van der Waals surface area contributed by atoms with Gasteiger partial charge in [-0.3, -0.25) is 28.9 Å². The minimum atomic E-state index is -0.417.